The molecule has 8 bridgehead atoms. The molecule has 1 aliphatic carbocycles. The summed E-state index contributed by atoms with van der Waals surface area (Å²) >= 11 is 0. The van der Waals surface area contributed by atoms with Gasteiger partial charge in [-0.25, -0.2) is 0 Å². The zero-order valence-electron chi connectivity index (χ0n) is 22.3. The van der Waals surface area contributed by atoms with E-state index >= 15 is 0 Å². The fraction of sp³-hybridized carbons (Fsp3) is 0.333. The lowest BCUT2D eigenvalue weighted by Gasteiger charge is -2.16. The Hall–Kier alpha value is -4.00. The molecule has 0 spiro atoms. The topological polar surface area (TPSA) is 103 Å². The second-order valence-electron chi connectivity index (χ2n) is 10.7. The van der Waals surface area contributed by atoms with E-state index in [0.29, 0.717) is 16.8 Å². The maximum atomic E-state index is 13.7. The van der Waals surface area contributed by atoms with Crippen molar-refractivity contribution in [3.63, 3.8) is 0 Å². The van der Waals surface area contributed by atoms with Crippen LogP contribution in [0.1, 0.15) is 69.2 Å². The van der Waals surface area contributed by atoms with Crippen molar-refractivity contribution >= 4 is 35.6 Å². The number of hydrogen-bond acceptors (Lipinski definition) is 4. The number of rotatable bonds is 1. The molecule has 37 heavy (non-hydrogen) atoms. The number of carbonyl (C=O) groups is 2. The number of esters is 1. The summed E-state index contributed by atoms with van der Waals surface area (Å²) in [5, 5.41) is 5.63. The second-order valence-corrected chi connectivity index (χ2v) is 10.7. The fourth-order valence-electron chi connectivity index (χ4n) is 6.01. The van der Waals surface area contributed by atoms with Crippen LogP contribution >= 0.6 is 0 Å². The Kier molecular flexibility index (Phi) is 5.06. The van der Waals surface area contributed by atoms with Gasteiger partial charge in [0.1, 0.15) is 5.92 Å². The van der Waals surface area contributed by atoms with E-state index in [-0.39, 0.29) is 17.6 Å². The zero-order chi connectivity index (χ0) is 26.3. The number of H-pyrrole nitrogens is 3. The molecule has 0 saturated carbocycles. The van der Waals surface area contributed by atoms with Gasteiger partial charge in [-0.2, -0.15) is 0 Å². The molecule has 3 aromatic rings. The summed E-state index contributed by atoms with van der Waals surface area (Å²) in [6, 6.07) is 2.15. The Morgan fingerprint density at radius 1 is 0.865 bits per heavy atom. The molecule has 5 heterocycles. The van der Waals surface area contributed by atoms with Crippen molar-refractivity contribution in [2.24, 2.45) is 17.8 Å². The van der Waals surface area contributed by atoms with Gasteiger partial charge in [-0.1, -0.05) is 13.8 Å². The monoisotopic (exact) mass is 496 g/mol. The van der Waals surface area contributed by atoms with E-state index in [1.807, 2.05) is 6.92 Å². The second kappa shape index (κ2) is 8.00. The lowest BCUT2D eigenvalue weighted by molar-refractivity contribution is -0.141. The number of ketones is 1. The Morgan fingerprint density at radius 3 is 2.22 bits per heavy atom. The van der Waals surface area contributed by atoms with E-state index in [2.05, 4.69) is 79.2 Å². The maximum Gasteiger partial charge on any atom is 0.321 e. The number of aromatic nitrogens is 3. The molecule has 190 valence electrons. The normalized spacial score (nSPS) is 27.2. The van der Waals surface area contributed by atoms with E-state index in [4.69, 9.17) is 4.74 Å². The van der Waals surface area contributed by atoms with Gasteiger partial charge in [0.25, 0.3) is 0 Å². The van der Waals surface area contributed by atoms with Gasteiger partial charge in [-0.15, -0.1) is 0 Å². The quantitative estimate of drug-likeness (QED) is 0.306. The zero-order valence-corrected chi connectivity index (χ0v) is 22.3. The lowest BCUT2D eigenvalue weighted by atomic mass is 9.89. The average molecular weight is 497 g/mol. The van der Waals surface area contributed by atoms with E-state index in [0.717, 1.165) is 55.9 Å². The van der Waals surface area contributed by atoms with Crippen LogP contribution in [0.3, 0.4) is 0 Å². The van der Waals surface area contributed by atoms with Crippen LogP contribution in [-0.2, 0) is 9.53 Å². The number of aryl methyl sites for hydroxylation is 1. The fourth-order valence-corrected chi connectivity index (χ4v) is 6.01. The van der Waals surface area contributed by atoms with E-state index in [1.165, 1.54) is 12.7 Å². The minimum atomic E-state index is -0.982. The smallest absolute Gasteiger partial charge is 0.321 e. The molecule has 7 heteroatoms. The van der Waals surface area contributed by atoms with Gasteiger partial charge < -0.3 is 25.0 Å². The highest BCUT2D eigenvalue weighted by atomic mass is 16.5. The molecule has 0 aromatic carbocycles. The number of allylic oxidation sites excluding steroid dienone is 2. The first kappa shape index (κ1) is 23.4. The predicted octanol–water partition coefficient (Wildman–Crippen LogP) is 3.49. The molecule has 1 fully saturated rings. The SMILES string of the molecule is COC(=O)[C@H]1C(=O)c2c3[nH]c(c2C)/C=c2\[nH]/c(c(C)c2C)=C\c2[nH]c(cc2C)/C=C2\N/C(=C\31)[C@@H](C)[C@@H]2C. The van der Waals surface area contributed by atoms with Crippen molar-refractivity contribution in [2.75, 3.05) is 7.11 Å². The van der Waals surface area contributed by atoms with Crippen LogP contribution in [0.25, 0.3) is 23.8 Å². The van der Waals surface area contributed by atoms with Crippen LogP contribution in [0.2, 0.25) is 0 Å². The van der Waals surface area contributed by atoms with Crippen molar-refractivity contribution in [2.45, 2.75) is 41.5 Å². The standard InChI is InChI=1S/C30H32N4O3/c1-12-8-18-9-20-15(4)16(5)27(33-20)25-26(30(36)37-7)29(35)24-17(6)23(34-28(24)25)11-22-14(3)13(2)21(32-22)10-19(12)31-18/h8-11,15-16,26,31-34H,1-7H3/b20-9-,21-10-,22-11-,27-25-/t15-,16-,26+/m0/s1. The highest BCUT2D eigenvalue weighted by Gasteiger charge is 2.47. The molecular formula is C30H32N4O3. The maximum absolute atomic E-state index is 13.7. The summed E-state index contributed by atoms with van der Waals surface area (Å²) in [5.41, 5.74) is 11.2. The Labute approximate surface area is 215 Å². The molecule has 0 amide bonds. The van der Waals surface area contributed by atoms with Crippen molar-refractivity contribution < 1.29 is 14.3 Å². The molecule has 6 rings (SSSR count). The van der Waals surface area contributed by atoms with Crippen LogP contribution < -0.4 is 16.0 Å². The Balaban J connectivity index is 1.72. The van der Waals surface area contributed by atoms with Gasteiger partial charge in [0.2, 0.25) is 0 Å². The Morgan fingerprint density at radius 2 is 1.54 bits per heavy atom. The molecule has 4 N–H and O–H groups in total. The summed E-state index contributed by atoms with van der Waals surface area (Å²) in [5.74, 6) is -1.47. The molecule has 7 nitrogen and oxygen atoms in total. The van der Waals surface area contributed by atoms with E-state index in [9.17, 15) is 9.59 Å². The lowest BCUT2D eigenvalue weighted by Crippen LogP contribution is -2.24. The number of nitrogens with one attached hydrogen (secondary N) is 4. The largest absolute Gasteiger partial charge is 0.468 e. The van der Waals surface area contributed by atoms with Crippen LogP contribution in [0.15, 0.2) is 17.5 Å². The third kappa shape index (κ3) is 3.26. The summed E-state index contributed by atoms with van der Waals surface area (Å²) in [7, 11) is 1.34. The van der Waals surface area contributed by atoms with E-state index in [1.54, 1.807) is 0 Å². The van der Waals surface area contributed by atoms with Gasteiger partial charge in [-0.3, -0.25) is 9.59 Å². The van der Waals surface area contributed by atoms with Crippen molar-refractivity contribution in [1.29, 1.82) is 0 Å². The highest BCUT2D eigenvalue weighted by molar-refractivity contribution is 6.24. The number of fused-ring (bicyclic) bond motifs is 7. The first-order valence-electron chi connectivity index (χ1n) is 12.8. The van der Waals surface area contributed by atoms with E-state index < -0.39 is 11.9 Å². The molecule has 1 saturated heterocycles. The van der Waals surface area contributed by atoms with Gasteiger partial charge >= 0.3 is 5.97 Å². The van der Waals surface area contributed by atoms with Crippen LogP contribution in [-0.4, -0.2) is 33.8 Å². The van der Waals surface area contributed by atoms with Crippen LogP contribution in [0.4, 0.5) is 0 Å². The minimum absolute atomic E-state index is 0.0800. The molecule has 0 radical (unpaired) electrons. The molecule has 3 atom stereocenters. The van der Waals surface area contributed by atoms with Gasteiger partial charge in [0, 0.05) is 62.1 Å². The van der Waals surface area contributed by atoms with Crippen molar-refractivity contribution in [3.8, 4) is 0 Å². The first-order chi connectivity index (χ1) is 17.6. The summed E-state index contributed by atoms with van der Waals surface area (Å²) in [4.78, 5) is 37.3. The van der Waals surface area contributed by atoms with Gasteiger partial charge in [-0.05, 0) is 74.2 Å². The van der Waals surface area contributed by atoms with Crippen LogP contribution in [0, 0.1) is 45.4 Å². The summed E-state index contributed by atoms with van der Waals surface area (Å²) in [6.45, 7) is 12.6. The molecule has 2 aliphatic heterocycles. The van der Waals surface area contributed by atoms with Crippen LogP contribution in [0.5, 0.6) is 0 Å². The predicted molar refractivity (Wildman–Crippen MR) is 144 cm³/mol. The van der Waals surface area contributed by atoms with Crippen molar-refractivity contribution in [3.05, 3.63) is 78.8 Å². The molecule has 3 aliphatic rings. The number of ether oxygens (including phenoxy) is 1. The third-order valence-electron chi connectivity index (χ3n) is 8.66. The molecule has 3 aromatic heterocycles. The number of Topliss-reactive ketones (excluding diaryl/α,β-unsaturated/α-hetero) is 1. The number of hydrogen-bond donors (Lipinski definition) is 4. The number of methoxy groups -OCH3 is 1. The molecule has 0 unspecified atom stereocenters. The third-order valence-corrected chi connectivity index (χ3v) is 8.66. The highest BCUT2D eigenvalue weighted by Crippen LogP contribution is 2.46. The summed E-state index contributed by atoms with van der Waals surface area (Å²) in [6.07, 6.45) is 6.36. The van der Waals surface area contributed by atoms with Crippen molar-refractivity contribution in [1.82, 2.24) is 20.3 Å². The number of carbonyl (C=O) groups excluding carboxylic acids is 2. The Bertz CT molecular complexity index is 1710. The number of aromatic amines is 3. The first-order valence-corrected chi connectivity index (χ1v) is 12.8. The van der Waals surface area contributed by atoms with Gasteiger partial charge in [0.15, 0.2) is 5.78 Å². The minimum Gasteiger partial charge on any atom is -0.468 e. The summed E-state index contributed by atoms with van der Waals surface area (Å²) < 4.78 is 5.11. The average Bonchev–Trinajstić information content (AvgIpc) is 3.60. The molecular weight excluding hydrogens is 464 g/mol. The van der Waals surface area contributed by atoms with Gasteiger partial charge in [0.05, 0.1) is 12.8 Å².